The van der Waals surface area contributed by atoms with E-state index < -0.39 is 11.0 Å². The first-order valence-electron chi connectivity index (χ1n) is 13.7. The molecule has 0 radical (unpaired) electrons. The lowest BCUT2D eigenvalue weighted by atomic mass is 9.55. The molecule has 2 aromatic carbocycles. The van der Waals surface area contributed by atoms with Crippen LogP contribution in [-0.4, -0.2) is 65.6 Å². The Morgan fingerprint density at radius 1 is 1.08 bits per heavy atom. The lowest BCUT2D eigenvalue weighted by Gasteiger charge is -2.59. The summed E-state index contributed by atoms with van der Waals surface area (Å²) < 4.78 is 6.20. The maximum Gasteiger partial charge on any atom is 0.303 e. The van der Waals surface area contributed by atoms with E-state index in [2.05, 4.69) is 36.2 Å². The van der Waals surface area contributed by atoms with Crippen LogP contribution in [0.3, 0.4) is 0 Å². The van der Waals surface area contributed by atoms with Crippen molar-refractivity contribution in [3.63, 3.8) is 0 Å². The van der Waals surface area contributed by atoms with Gasteiger partial charge in [0.25, 0.3) is 0 Å². The zero-order chi connectivity index (χ0) is 26.5. The van der Waals surface area contributed by atoms with E-state index in [0.717, 1.165) is 50.6 Å². The van der Waals surface area contributed by atoms with Crippen LogP contribution in [0.1, 0.15) is 69.4 Å². The molecule has 1 N–H and O–H groups in total. The van der Waals surface area contributed by atoms with Crippen LogP contribution in [0.25, 0.3) is 0 Å². The van der Waals surface area contributed by atoms with Gasteiger partial charge in [-0.3, -0.25) is 9.59 Å². The van der Waals surface area contributed by atoms with Gasteiger partial charge in [-0.05, 0) is 81.8 Å². The van der Waals surface area contributed by atoms with Crippen molar-refractivity contribution >= 4 is 11.9 Å². The number of fused-ring (bicyclic) bond motifs is 1. The number of nitrogens with zero attached hydrogens (tertiary/aromatic N) is 2. The normalized spacial score (nSPS) is 25.8. The molecule has 2 aliphatic rings. The predicted molar refractivity (Wildman–Crippen MR) is 145 cm³/mol. The molecule has 1 amide bonds. The number of phenolic OH excluding ortho intramolecular Hbond substituents is 1. The fourth-order valence-corrected chi connectivity index (χ4v) is 6.71. The minimum atomic E-state index is -0.683. The first-order valence-corrected chi connectivity index (χ1v) is 13.7. The molecule has 1 saturated carbocycles. The molecule has 0 spiro atoms. The Morgan fingerprint density at radius 2 is 1.86 bits per heavy atom. The number of hydrogen-bond acceptors (Lipinski definition) is 5. The fraction of sp³-hybridized carbons (Fsp3) is 0.548. The third-order valence-corrected chi connectivity index (χ3v) is 8.66. The van der Waals surface area contributed by atoms with Gasteiger partial charge in [-0.2, -0.15) is 0 Å². The fourth-order valence-electron chi connectivity index (χ4n) is 6.71. The van der Waals surface area contributed by atoms with Gasteiger partial charge < -0.3 is 19.6 Å². The predicted octanol–water partition coefficient (Wildman–Crippen LogP) is 5.08. The second kappa shape index (κ2) is 11.7. The van der Waals surface area contributed by atoms with E-state index in [9.17, 15) is 14.7 Å². The van der Waals surface area contributed by atoms with Crippen LogP contribution in [0, 0.1) is 0 Å². The molecule has 6 nitrogen and oxygen atoms in total. The molecular formula is C31H42N2O4. The number of likely N-dealkylation sites (N-methyl/N-ethyl adjacent to an activating group) is 1. The topological polar surface area (TPSA) is 70.1 Å². The smallest absolute Gasteiger partial charge is 0.303 e. The van der Waals surface area contributed by atoms with E-state index in [1.807, 2.05) is 36.2 Å². The number of amides is 1. The Morgan fingerprint density at radius 3 is 2.59 bits per heavy atom. The number of carbonyl (C=O) groups excluding carboxylic acids is 2. The van der Waals surface area contributed by atoms with Crippen LogP contribution in [-0.2, 0) is 26.2 Å². The Labute approximate surface area is 221 Å². The number of carbonyl (C=O) groups is 2. The van der Waals surface area contributed by atoms with Crippen LogP contribution in [0.15, 0.2) is 54.6 Å². The van der Waals surface area contributed by atoms with Crippen LogP contribution in [0.5, 0.6) is 5.75 Å². The summed E-state index contributed by atoms with van der Waals surface area (Å²) in [6.07, 6.45) is 7.61. The molecule has 4 rings (SSSR count). The maximum absolute atomic E-state index is 13.2. The van der Waals surface area contributed by atoms with E-state index >= 15 is 0 Å². The minimum Gasteiger partial charge on any atom is -0.508 e. The SMILES string of the molecule is CC(=O)O[C@]12CC[C@H](N(C)C(=O)CCCCCc3ccccc3)C[C@]1(c1cccc(O)c1)CCN(C)C2. The average Bonchev–Trinajstić information content (AvgIpc) is 2.87. The van der Waals surface area contributed by atoms with Crippen molar-refractivity contribution in [2.24, 2.45) is 0 Å². The highest BCUT2D eigenvalue weighted by Gasteiger charge is 2.60. The minimum absolute atomic E-state index is 0.0613. The number of aryl methyl sites for hydroxylation is 1. The van der Waals surface area contributed by atoms with Crippen molar-refractivity contribution in [3.05, 3.63) is 65.7 Å². The lowest BCUT2D eigenvalue weighted by molar-refractivity contribution is -0.188. The number of hydrogen-bond donors (Lipinski definition) is 1. The Hall–Kier alpha value is -2.86. The summed E-state index contributed by atoms with van der Waals surface area (Å²) in [4.78, 5) is 29.7. The summed E-state index contributed by atoms with van der Waals surface area (Å²) >= 11 is 0. The number of aromatic hydroxyl groups is 1. The van der Waals surface area contributed by atoms with Gasteiger partial charge in [-0.1, -0.05) is 48.9 Å². The third-order valence-electron chi connectivity index (χ3n) is 8.66. The van der Waals surface area contributed by atoms with Gasteiger partial charge >= 0.3 is 5.97 Å². The average molecular weight is 507 g/mol. The molecule has 3 atom stereocenters. The molecule has 1 aliphatic heterocycles. The molecule has 1 aliphatic carbocycles. The largest absolute Gasteiger partial charge is 0.508 e. The van der Waals surface area contributed by atoms with E-state index in [-0.39, 0.29) is 23.7 Å². The summed E-state index contributed by atoms with van der Waals surface area (Å²) in [6, 6.07) is 18.0. The van der Waals surface area contributed by atoms with Gasteiger partial charge in [-0.15, -0.1) is 0 Å². The first kappa shape index (κ1) is 27.2. The molecule has 37 heavy (non-hydrogen) atoms. The van der Waals surface area contributed by atoms with Crippen molar-refractivity contribution in [2.45, 2.75) is 81.8 Å². The highest BCUT2D eigenvalue weighted by molar-refractivity contribution is 5.76. The zero-order valence-corrected chi connectivity index (χ0v) is 22.6. The monoisotopic (exact) mass is 506 g/mol. The number of rotatable bonds is 9. The quantitative estimate of drug-likeness (QED) is 0.379. The van der Waals surface area contributed by atoms with Crippen molar-refractivity contribution < 1.29 is 19.4 Å². The van der Waals surface area contributed by atoms with Crippen molar-refractivity contribution in [2.75, 3.05) is 27.2 Å². The van der Waals surface area contributed by atoms with E-state index in [1.54, 1.807) is 6.07 Å². The number of piperidine rings is 1. The van der Waals surface area contributed by atoms with Crippen LogP contribution in [0.2, 0.25) is 0 Å². The number of phenols is 1. The Bertz CT molecular complexity index is 1070. The van der Waals surface area contributed by atoms with Gasteiger partial charge in [0.2, 0.25) is 5.91 Å². The van der Waals surface area contributed by atoms with Crippen LogP contribution in [0.4, 0.5) is 0 Å². The van der Waals surface area contributed by atoms with Crippen molar-refractivity contribution in [1.29, 1.82) is 0 Å². The van der Waals surface area contributed by atoms with E-state index in [1.165, 1.54) is 12.5 Å². The molecule has 0 bridgehead atoms. The number of esters is 1. The Kier molecular flexibility index (Phi) is 8.58. The second-order valence-corrected chi connectivity index (χ2v) is 11.2. The van der Waals surface area contributed by atoms with Crippen LogP contribution < -0.4 is 0 Å². The number of likely N-dealkylation sites (tertiary alicyclic amines) is 1. The van der Waals surface area contributed by atoms with Crippen molar-refractivity contribution in [1.82, 2.24) is 9.80 Å². The molecule has 2 fully saturated rings. The van der Waals surface area contributed by atoms with E-state index in [4.69, 9.17) is 4.74 Å². The number of ether oxygens (including phenoxy) is 1. The summed E-state index contributed by atoms with van der Waals surface area (Å²) in [5.74, 6) is 0.117. The van der Waals surface area contributed by atoms with Gasteiger partial charge in [0.15, 0.2) is 0 Å². The highest BCUT2D eigenvalue weighted by atomic mass is 16.6. The Balaban J connectivity index is 1.46. The lowest BCUT2D eigenvalue weighted by Crippen LogP contribution is -2.68. The van der Waals surface area contributed by atoms with Gasteiger partial charge in [0.05, 0.1) is 0 Å². The summed E-state index contributed by atoms with van der Waals surface area (Å²) in [5, 5.41) is 10.3. The molecule has 6 heteroatoms. The summed E-state index contributed by atoms with van der Waals surface area (Å²) in [6.45, 7) is 2.99. The van der Waals surface area contributed by atoms with Gasteiger partial charge in [-0.25, -0.2) is 0 Å². The molecule has 1 heterocycles. The first-order chi connectivity index (χ1) is 17.7. The molecule has 0 unspecified atom stereocenters. The van der Waals surface area contributed by atoms with Gasteiger partial charge in [0, 0.05) is 38.4 Å². The molecule has 200 valence electrons. The van der Waals surface area contributed by atoms with Crippen LogP contribution >= 0.6 is 0 Å². The zero-order valence-electron chi connectivity index (χ0n) is 22.6. The molecule has 1 saturated heterocycles. The molecule has 0 aromatic heterocycles. The van der Waals surface area contributed by atoms with Gasteiger partial charge in [0.1, 0.15) is 11.4 Å². The highest BCUT2D eigenvalue weighted by Crippen LogP contribution is 2.54. The second-order valence-electron chi connectivity index (χ2n) is 11.2. The molecular weight excluding hydrogens is 464 g/mol. The third kappa shape index (κ3) is 6.01. The number of unbranched alkanes of at least 4 members (excludes halogenated alkanes) is 2. The maximum atomic E-state index is 13.2. The number of benzene rings is 2. The molecule has 2 aromatic rings. The summed E-state index contributed by atoms with van der Waals surface area (Å²) in [5.41, 5.74) is 1.20. The van der Waals surface area contributed by atoms with Crippen molar-refractivity contribution in [3.8, 4) is 5.75 Å². The van der Waals surface area contributed by atoms with E-state index in [0.29, 0.717) is 25.8 Å². The standard InChI is InChI=1S/C31H42N2O4/c1-24(34)37-31-18-17-27(33(3)29(36)16-9-5-8-13-25-11-6-4-7-12-25)22-30(31,19-20-32(2)23-31)26-14-10-15-28(35)21-26/h4,6-7,10-12,14-15,21,27,35H,5,8-9,13,16-20,22-23H2,1-3H3/t27-,30-,31-/m0/s1. The summed E-state index contributed by atoms with van der Waals surface area (Å²) in [7, 11) is 4.00.